The van der Waals surface area contributed by atoms with Crippen LogP contribution in [0.4, 0.5) is 0 Å². The van der Waals surface area contributed by atoms with Gasteiger partial charge in [-0.15, -0.1) is 0 Å². The van der Waals surface area contributed by atoms with E-state index >= 15 is 0 Å². The molecule has 196 valence electrons. The van der Waals surface area contributed by atoms with Gasteiger partial charge in [0, 0.05) is 19.2 Å². The summed E-state index contributed by atoms with van der Waals surface area (Å²) in [5.41, 5.74) is 0. The molecule has 0 aromatic rings. The van der Waals surface area contributed by atoms with Crippen LogP contribution in [0.1, 0.15) is 110 Å². The number of hydrogen-bond donors (Lipinski definition) is 2. The summed E-state index contributed by atoms with van der Waals surface area (Å²) in [6, 6.07) is 0. The summed E-state index contributed by atoms with van der Waals surface area (Å²) in [7, 11) is 0. The second-order valence-corrected chi connectivity index (χ2v) is 11.2. The first kappa shape index (κ1) is 27.7. The van der Waals surface area contributed by atoms with E-state index in [4.69, 9.17) is 9.47 Å². The molecule has 34 heavy (non-hydrogen) atoms. The zero-order valence-corrected chi connectivity index (χ0v) is 21.9. The highest BCUT2D eigenvalue weighted by Gasteiger charge is 2.34. The topological polar surface area (TPSA) is 59.6 Å². The first-order valence-electron chi connectivity index (χ1n) is 14.6. The number of rotatable bonds is 14. The maximum absolute atomic E-state index is 11.1. The molecule has 0 aromatic carbocycles. The van der Waals surface area contributed by atoms with Crippen LogP contribution in [0.15, 0.2) is 12.7 Å². The van der Waals surface area contributed by atoms with Crippen molar-refractivity contribution in [3.63, 3.8) is 0 Å². The Hall–Kier alpha value is -0.910. The molecule has 0 amide bonds. The van der Waals surface area contributed by atoms with Gasteiger partial charge in [-0.3, -0.25) is 10.6 Å². The summed E-state index contributed by atoms with van der Waals surface area (Å²) in [5.74, 6) is 3.27. The summed E-state index contributed by atoms with van der Waals surface area (Å²) >= 11 is 0. The average Bonchev–Trinajstić information content (AvgIpc) is 2.89. The standard InChI is InChI=1S/C29H52N2O3/c1-3-5-6-7-8-9-10-11-23-12-14-24(15-13-23)25-16-18-26(19-17-25)29-30-20-27(21-31-29)33-22-34-28(32)4-2/h4,23-27,29-31H,2-3,5-22H2,1H3. The smallest absolute Gasteiger partial charge is 0.332 e. The average molecular weight is 477 g/mol. The van der Waals surface area contributed by atoms with Crippen molar-refractivity contribution in [3.05, 3.63) is 12.7 Å². The SMILES string of the molecule is C=CC(=O)OCOC1CNC(C2CCC(C3CCC(CCCCCCCCC)CC3)CC2)NC1. The Morgan fingerprint density at radius 2 is 1.38 bits per heavy atom. The van der Waals surface area contributed by atoms with Crippen LogP contribution in [-0.2, 0) is 14.3 Å². The molecule has 1 saturated heterocycles. The molecule has 3 rings (SSSR count). The molecule has 0 radical (unpaired) electrons. The molecule has 5 heteroatoms. The maximum Gasteiger partial charge on any atom is 0.332 e. The van der Waals surface area contributed by atoms with E-state index in [1.165, 1.54) is 103 Å². The first-order valence-corrected chi connectivity index (χ1v) is 14.6. The van der Waals surface area contributed by atoms with Gasteiger partial charge in [-0.1, -0.05) is 77.7 Å². The van der Waals surface area contributed by atoms with E-state index in [2.05, 4.69) is 24.1 Å². The number of hydrogen-bond acceptors (Lipinski definition) is 5. The van der Waals surface area contributed by atoms with Crippen LogP contribution in [-0.4, -0.2) is 38.1 Å². The van der Waals surface area contributed by atoms with E-state index in [0.29, 0.717) is 6.17 Å². The molecular weight excluding hydrogens is 424 g/mol. The van der Waals surface area contributed by atoms with Crippen LogP contribution in [0.25, 0.3) is 0 Å². The predicted molar refractivity (Wildman–Crippen MR) is 139 cm³/mol. The number of unbranched alkanes of at least 4 members (excludes halogenated alkanes) is 6. The van der Waals surface area contributed by atoms with E-state index < -0.39 is 5.97 Å². The highest BCUT2D eigenvalue weighted by atomic mass is 16.7. The van der Waals surface area contributed by atoms with Crippen LogP contribution >= 0.6 is 0 Å². The second kappa shape index (κ2) is 16.0. The molecule has 0 aromatic heterocycles. The Balaban J connectivity index is 1.22. The van der Waals surface area contributed by atoms with E-state index in [9.17, 15) is 4.79 Å². The quantitative estimate of drug-likeness (QED) is 0.133. The highest BCUT2D eigenvalue weighted by Crippen LogP contribution is 2.42. The summed E-state index contributed by atoms with van der Waals surface area (Å²) in [6.07, 6.45) is 24.7. The largest absolute Gasteiger partial charge is 0.435 e. The summed E-state index contributed by atoms with van der Waals surface area (Å²) in [5, 5.41) is 7.27. The maximum atomic E-state index is 11.1. The van der Waals surface area contributed by atoms with Gasteiger partial charge < -0.3 is 9.47 Å². The Bertz CT molecular complexity index is 560. The minimum absolute atomic E-state index is 0.00402. The minimum atomic E-state index is -0.437. The summed E-state index contributed by atoms with van der Waals surface area (Å²) < 4.78 is 10.5. The van der Waals surface area contributed by atoms with Crippen LogP contribution in [0.5, 0.6) is 0 Å². The van der Waals surface area contributed by atoms with Gasteiger partial charge in [0.15, 0.2) is 6.79 Å². The van der Waals surface area contributed by atoms with E-state index in [1.54, 1.807) is 0 Å². The van der Waals surface area contributed by atoms with Gasteiger partial charge in [-0.05, 0) is 62.2 Å². The van der Waals surface area contributed by atoms with Crippen LogP contribution in [0.2, 0.25) is 0 Å². The number of esters is 1. The summed E-state index contributed by atoms with van der Waals surface area (Å²) in [6.45, 7) is 7.31. The molecule has 0 unspecified atom stereocenters. The van der Waals surface area contributed by atoms with Gasteiger partial charge in [0.2, 0.25) is 0 Å². The predicted octanol–water partition coefficient (Wildman–Crippen LogP) is 6.33. The Morgan fingerprint density at radius 3 is 2.00 bits per heavy atom. The third kappa shape index (κ3) is 9.62. The van der Waals surface area contributed by atoms with Gasteiger partial charge in [0.1, 0.15) is 0 Å². The third-order valence-corrected chi connectivity index (χ3v) is 8.86. The van der Waals surface area contributed by atoms with Crippen molar-refractivity contribution in [2.75, 3.05) is 19.9 Å². The Labute approximate surface area is 209 Å². The molecule has 2 N–H and O–H groups in total. The van der Waals surface area contributed by atoms with E-state index in [0.717, 1.165) is 42.8 Å². The fraction of sp³-hybridized carbons (Fsp3) is 0.897. The van der Waals surface area contributed by atoms with Crippen molar-refractivity contribution in [2.24, 2.45) is 23.7 Å². The van der Waals surface area contributed by atoms with Crippen LogP contribution in [0, 0.1) is 23.7 Å². The fourth-order valence-electron chi connectivity index (χ4n) is 6.65. The third-order valence-electron chi connectivity index (χ3n) is 8.86. The van der Waals surface area contributed by atoms with E-state index in [1.807, 2.05) is 0 Å². The molecule has 0 bridgehead atoms. The number of carbonyl (C=O) groups is 1. The lowest BCUT2D eigenvalue weighted by Crippen LogP contribution is -2.59. The number of carbonyl (C=O) groups excluding carboxylic acids is 1. The van der Waals surface area contributed by atoms with Crippen molar-refractivity contribution in [1.29, 1.82) is 0 Å². The van der Waals surface area contributed by atoms with Crippen molar-refractivity contribution in [3.8, 4) is 0 Å². The molecular formula is C29H52N2O3. The summed E-state index contributed by atoms with van der Waals surface area (Å²) in [4.78, 5) is 11.1. The number of nitrogens with one attached hydrogen (secondary N) is 2. The number of ether oxygens (including phenoxy) is 2. The molecule has 3 fully saturated rings. The second-order valence-electron chi connectivity index (χ2n) is 11.2. The van der Waals surface area contributed by atoms with Crippen LogP contribution in [0.3, 0.4) is 0 Å². The van der Waals surface area contributed by atoms with Crippen molar-refractivity contribution in [1.82, 2.24) is 10.6 Å². The Kier molecular flexibility index (Phi) is 13.0. The fourth-order valence-corrected chi connectivity index (χ4v) is 6.65. The lowest BCUT2D eigenvalue weighted by atomic mass is 9.68. The van der Waals surface area contributed by atoms with Crippen molar-refractivity contribution in [2.45, 2.75) is 122 Å². The lowest BCUT2D eigenvalue weighted by molar-refractivity contribution is -0.155. The minimum Gasteiger partial charge on any atom is -0.435 e. The van der Waals surface area contributed by atoms with Gasteiger partial charge in [-0.25, -0.2) is 4.79 Å². The molecule has 2 saturated carbocycles. The van der Waals surface area contributed by atoms with Gasteiger partial charge in [0.25, 0.3) is 0 Å². The monoisotopic (exact) mass is 476 g/mol. The van der Waals surface area contributed by atoms with Crippen molar-refractivity contribution >= 4 is 5.97 Å². The van der Waals surface area contributed by atoms with Gasteiger partial charge >= 0.3 is 5.97 Å². The zero-order chi connectivity index (χ0) is 24.0. The molecule has 2 aliphatic carbocycles. The highest BCUT2D eigenvalue weighted by molar-refractivity contribution is 5.81. The van der Waals surface area contributed by atoms with Crippen molar-refractivity contribution < 1.29 is 14.3 Å². The lowest BCUT2D eigenvalue weighted by Gasteiger charge is -2.42. The molecule has 1 heterocycles. The van der Waals surface area contributed by atoms with Crippen LogP contribution < -0.4 is 10.6 Å². The molecule has 0 spiro atoms. The molecule has 5 nitrogen and oxygen atoms in total. The first-order chi connectivity index (χ1) is 16.7. The van der Waals surface area contributed by atoms with Gasteiger partial charge in [0.05, 0.1) is 12.3 Å². The molecule has 0 atom stereocenters. The zero-order valence-electron chi connectivity index (χ0n) is 21.9. The molecule has 3 aliphatic rings. The normalized spacial score (nSPS) is 32.3. The molecule has 1 aliphatic heterocycles. The van der Waals surface area contributed by atoms with Gasteiger partial charge in [-0.2, -0.15) is 0 Å². The van der Waals surface area contributed by atoms with E-state index in [-0.39, 0.29) is 12.9 Å². The Morgan fingerprint density at radius 1 is 0.824 bits per heavy atom.